The van der Waals surface area contributed by atoms with Gasteiger partial charge in [-0.15, -0.1) is 0 Å². The number of methoxy groups -OCH3 is 1. The van der Waals surface area contributed by atoms with E-state index < -0.39 is 0 Å². The fourth-order valence-electron chi connectivity index (χ4n) is 2.95. The van der Waals surface area contributed by atoms with Crippen molar-refractivity contribution in [2.45, 2.75) is 42.6 Å². The number of fused-ring (bicyclic) bond motifs is 1. The van der Waals surface area contributed by atoms with Crippen LogP contribution in [0.4, 0.5) is 0 Å². The van der Waals surface area contributed by atoms with Crippen molar-refractivity contribution in [1.29, 1.82) is 0 Å². The van der Waals surface area contributed by atoms with E-state index in [1.54, 1.807) is 0 Å². The Morgan fingerprint density at radius 2 is 2.29 bits per heavy atom. The zero-order chi connectivity index (χ0) is 12.3. The number of rotatable bonds is 4. The Hall–Kier alpha value is -0.130. The quantitative estimate of drug-likeness (QED) is 0.625. The van der Waals surface area contributed by atoms with Gasteiger partial charge in [-0.3, -0.25) is 9.69 Å². The Morgan fingerprint density at radius 1 is 1.47 bits per heavy atom. The number of ether oxygens (including phenoxy) is 1. The molecule has 2 aliphatic rings. The Labute approximate surface area is 111 Å². The zero-order valence-electron chi connectivity index (χ0n) is 10.3. The van der Waals surface area contributed by atoms with Crippen LogP contribution in [0, 0.1) is 0 Å². The minimum atomic E-state index is -0.231. The highest BCUT2D eigenvalue weighted by Crippen LogP contribution is 2.27. The molecule has 0 aromatic heterocycles. The number of carbonyl (C=O) groups is 1. The van der Waals surface area contributed by atoms with Crippen LogP contribution in [0.2, 0.25) is 0 Å². The second kappa shape index (κ2) is 6.16. The van der Waals surface area contributed by atoms with Gasteiger partial charge in [0.2, 0.25) is 0 Å². The SMILES string of the molecule is COC(=O)C(Br)CNC1CCN2CCCCC12. The van der Waals surface area contributed by atoms with Crippen molar-refractivity contribution in [3.05, 3.63) is 0 Å². The fraction of sp³-hybridized carbons (Fsp3) is 0.917. The maximum atomic E-state index is 11.3. The number of carbonyl (C=O) groups excluding carboxylic acids is 1. The first kappa shape index (κ1) is 13.3. The molecule has 2 fully saturated rings. The third-order valence-electron chi connectivity index (χ3n) is 3.87. The monoisotopic (exact) mass is 304 g/mol. The van der Waals surface area contributed by atoms with Crippen LogP contribution in [-0.4, -0.2) is 54.5 Å². The third kappa shape index (κ3) is 3.20. The lowest BCUT2D eigenvalue weighted by Gasteiger charge is -2.32. The summed E-state index contributed by atoms with van der Waals surface area (Å²) in [7, 11) is 1.43. The van der Waals surface area contributed by atoms with Crippen molar-refractivity contribution in [3.8, 4) is 0 Å². The Kier molecular flexibility index (Phi) is 4.82. The second-order valence-electron chi connectivity index (χ2n) is 4.89. The Bertz CT molecular complexity index is 275. The molecule has 0 aliphatic carbocycles. The molecular weight excluding hydrogens is 284 g/mol. The van der Waals surface area contributed by atoms with E-state index in [-0.39, 0.29) is 10.8 Å². The van der Waals surface area contributed by atoms with Gasteiger partial charge in [0.15, 0.2) is 0 Å². The van der Waals surface area contributed by atoms with Gasteiger partial charge in [0.05, 0.1) is 7.11 Å². The molecule has 0 spiro atoms. The number of hydrogen-bond acceptors (Lipinski definition) is 4. The molecule has 98 valence electrons. The number of alkyl halides is 1. The van der Waals surface area contributed by atoms with E-state index in [9.17, 15) is 4.79 Å². The van der Waals surface area contributed by atoms with E-state index in [4.69, 9.17) is 4.74 Å². The largest absolute Gasteiger partial charge is 0.468 e. The molecule has 0 amide bonds. The first-order valence-electron chi connectivity index (χ1n) is 6.41. The van der Waals surface area contributed by atoms with Crippen molar-refractivity contribution in [2.24, 2.45) is 0 Å². The van der Waals surface area contributed by atoms with Crippen molar-refractivity contribution in [2.75, 3.05) is 26.7 Å². The number of nitrogens with zero attached hydrogens (tertiary/aromatic N) is 1. The summed E-state index contributed by atoms with van der Waals surface area (Å²) in [5.41, 5.74) is 0. The third-order valence-corrected chi connectivity index (χ3v) is 4.57. The summed E-state index contributed by atoms with van der Waals surface area (Å²) in [6.07, 6.45) is 5.18. The van der Waals surface area contributed by atoms with E-state index in [2.05, 4.69) is 26.1 Å². The van der Waals surface area contributed by atoms with Gasteiger partial charge in [-0.2, -0.15) is 0 Å². The lowest BCUT2D eigenvalue weighted by atomic mass is 9.99. The summed E-state index contributed by atoms with van der Waals surface area (Å²) in [4.78, 5) is 13.6. The maximum Gasteiger partial charge on any atom is 0.320 e. The summed E-state index contributed by atoms with van der Waals surface area (Å²) >= 11 is 3.35. The first-order valence-corrected chi connectivity index (χ1v) is 7.33. The average Bonchev–Trinajstić information content (AvgIpc) is 2.78. The van der Waals surface area contributed by atoms with E-state index in [1.807, 2.05) is 0 Å². The topological polar surface area (TPSA) is 41.6 Å². The molecular formula is C12H21BrN2O2. The number of piperidine rings is 1. The van der Waals surface area contributed by atoms with Crippen LogP contribution in [0.15, 0.2) is 0 Å². The molecule has 1 N–H and O–H groups in total. The summed E-state index contributed by atoms with van der Waals surface area (Å²) in [5, 5.41) is 3.51. The van der Waals surface area contributed by atoms with Crippen LogP contribution in [0.5, 0.6) is 0 Å². The maximum absolute atomic E-state index is 11.3. The van der Waals surface area contributed by atoms with Gasteiger partial charge in [-0.05, 0) is 25.8 Å². The smallest absolute Gasteiger partial charge is 0.320 e. The fourth-order valence-corrected chi connectivity index (χ4v) is 3.33. The standard InChI is InChI=1S/C12H21BrN2O2/c1-17-12(16)9(13)8-14-10-5-7-15-6-3-2-4-11(10)15/h9-11,14H,2-8H2,1H3. The highest BCUT2D eigenvalue weighted by Gasteiger charge is 2.35. The molecule has 2 rings (SSSR count). The van der Waals surface area contributed by atoms with Gasteiger partial charge >= 0.3 is 5.97 Å². The zero-order valence-corrected chi connectivity index (χ0v) is 11.9. The van der Waals surface area contributed by atoms with E-state index >= 15 is 0 Å². The van der Waals surface area contributed by atoms with Gasteiger partial charge in [-0.25, -0.2) is 0 Å². The molecule has 0 bridgehead atoms. The predicted octanol–water partition coefficient (Wildman–Crippen LogP) is 1.14. The van der Waals surface area contributed by atoms with Crippen LogP contribution >= 0.6 is 15.9 Å². The summed E-state index contributed by atoms with van der Waals surface area (Å²) < 4.78 is 4.70. The molecule has 0 aromatic rings. The lowest BCUT2D eigenvalue weighted by molar-refractivity contribution is -0.139. The van der Waals surface area contributed by atoms with Crippen molar-refractivity contribution in [1.82, 2.24) is 10.2 Å². The van der Waals surface area contributed by atoms with Crippen LogP contribution in [0.25, 0.3) is 0 Å². The molecule has 5 heteroatoms. The molecule has 0 aromatic carbocycles. The highest BCUT2D eigenvalue weighted by molar-refractivity contribution is 9.10. The van der Waals surface area contributed by atoms with Crippen LogP contribution in [0.1, 0.15) is 25.7 Å². The first-order chi connectivity index (χ1) is 8.22. The van der Waals surface area contributed by atoms with Crippen LogP contribution in [-0.2, 0) is 9.53 Å². The predicted molar refractivity (Wildman–Crippen MR) is 70.4 cm³/mol. The Morgan fingerprint density at radius 3 is 3.06 bits per heavy atom. The Balaban J connectivity index is 1.77. The number of hydrogen-bond donors (Lipinski definition) is 1. The van der Waals surface area contributed by atoms with E-state index in [0.717, 1.165) is 0 Å². The molecule has 0 radical (unpaired) electrons. The number of esters is 1. The summed E-state index contributed by atoms with van der Waals surface area (Å²) in [6.45, 7) is 3.10. The number of halogens is 1. The lowest BCUT2D eigenvalue weighted by Crippen LogP contribution is -2.46. The van der Waals surface area contributed by atoms with Gasteiger partial charge in [0.1, 0.15) is 4.83 Å². The van der Waals surface area contributed by atoms with E-state index in [0.29, 0.717) is 18.6 Å². The molecule has 3 atom stereocenters. The van der Waals surface area contributed by atoms with Gasteiger partial charge in [0, 0.05) is 25.2 Å². The van der Waals surface area contributed by atoms with Gasteiger partial charge < -0.3 is 10.1 Å². The molecule has 2 saturated heterocycles. The average molecular weight is 305 g/mol. The highest BCUT2D eigenvalue weighted by atomic mass is 79.9. The van der Waals surface area contributed by atoms with Gasteiger partial charge in [-0.1, -0.05) is 22.4 Å². The molecule has 0 saturated carbocycles. The normalized spacial score (nSPS) is 30.9. The minimum absolute atomic E-state index is 0.198. The van der Waals surface area contributed by atoms with E-state index in [1.165, 1.54) is 45.9 Å². The molecule has 17 heavy (non-hydrogen) atoms. The number of nitrogens with one attached hydrogen (secondary N) is 1. The summed E-state index contributed by atoms with van der Waals surface area (Å²) in [5.74, 6) is -0.198. The van der Waals surface area contributed by atoms with Crippen LogP contribution < -0.4 is 5.32 Å². The van der Waals surface area contributed by atoms with Crippen molar-refractivity contribution >= 4 is 21.9 Å². The minimum Gasteiger partial charge on any atom is -0.468 e. The molecule has 2 heterocycles. The second-order valence-corrected chi connectivity index (χ2v) is 6.00. The van der Waals surface area contributed by atoms with Crippen LogP contribution in [0.3, 0.4) is 0 Å². The summed E-state index contributed by atoms with van der Waals surface area (Å²) in [6, 6.07) is 1.22. The molecule has 2 aliphatic heterocycles. The molecule has 4 nitrogen and oxygen atoms in total. The van der Waals surface area contributed by atoms with Gasteiger partial charge in [0.25, 0.3) is 0 Å². The van der Waals surface area contributed by atoms with Crippen molar-refractivity contribution in [3.63, 3.8) is 0 Å². The van der Waals surface area contributed by atoms with Crippen molar-refractivity contribution < 1.29 is 9.53 Å². The molecule has 3 unspecified atom stereocenters.